The first-order chi connectivity index (χ1) is 24.9. The molecule has 276 valence electrons. The van der Waals surface area contributed by atoms with E-state index in [1.165, 1.54) is 40.6 Å². The lowest BCUT2D eigenvalue weighted by Gasteiger charge is -2.37. The van der Waals surface area contributed by atoms with Crippen LogP contribution in [0.2, 0.25) is 0 Å². The van der Waals surface area contributed by atoms with Crippen molar-refractivity contribution in [1.29, 1.82) is 0 Å². The molecule has 1 aliphatic heterocycles. The monoisotopic (exact) mass is 738 g/mol. The van der Waals surface area contributed by atoms with E-state index in [1.807, 2.05) is 11.0 Å². The van der Waals surface area contributed by atoms with Crippen LogP contribution in [0, 0.1) is 0 Å². The van der Waals surface area contributed by atoms with Crippen LogP contribution < -0.4 is 28.6 Å². The van der Waals surface area contributed by atoms with E-state index in [1.54, 1.807) is 43.4 Å². The third-order valence-corrected chi connectivity index (χ3v) is 11.4. The molecule has 3 heterocycles. The lowest BCUT2D eigenvalue weighted by atomic mass is 9.87. The molecule has 0 amide bonds. The molecule has 3 aromatic carbocycles. The quantitative estimate of drug-likeness (QED) is 0.134. The summed E-state index contributed by atoms with van der Waals surface area (Å²) in [5.74, 6) is -2.55. The molecular formula is C36H40F2N6O7S. The number of nitrogens with one attached hydrogen (secondary N) is 2. The Balaban J connectivity index is 1.34. The van der Waals surface area contributed by atoms with Gasteiger partial charge < -0.3 is 33.7 Å². The number of aromatic amines is 1. The highest BCUT2D eigenvalue weighted by atomic mass is 32.2. The first-order valence-electron chi connectivity index (χ1n) is 16.7. The second-order valence-corrected chi connectivity index (χ2v) is 14.9. The Labute approximate surface area is 299 Å². The first-order valence-corrected chi connectivity index (χ1v) is 18.2. The van der Waals surface area contributed by atoms with E-state index >= 15 is 17.2 Å². The van der Waals surface area contributed by atoms with Gasteiger partial charge in [0.1, 0.15) is 23.0 Å². The number of benzene rings is 3. The number of methoxy groups -OCH3 is 4. The van der Waals surface area contributed by atoms with Gasteiger partial charge in [0.05, 0.1) is 52.0 Å². The zero-order valence-corrected chi connectivity index (χ0v) is 30.2. The van der Waals surface area contributed by atoms with Crippen LogP contribution in [-0.4, -0.2) is 83.2 Å². The smallest absolute Gasteiger partial charge is 0.273 e. The summed E-state index contributed by atoms with van der Waals surface area (Å²) >= 11 is 0. The normalized spacial score (nSPS) is 17.6. The third kappa shape index (κ3) is 6.67. The molecule has 2 N–H and O–H groups in total. The van der Waals surface area contributed by atoms with E-state index in [-0.39, 0.29) is 59.4 Å². The van der Waals surface area contributed by atoms with Crippen LogP contribution in [0.3, 0.4) is 0 Å². The number of H-pyrrole nitrogens is 1. The Morgan fingerprint density at radius 1 is 0.981 bits per heavy atom. The molecule has 1 atom stereocenters. The molecule has 0 bridgehead atoms. The average molecular weight is 739 g/mol. The molecule has 52 heavy (non-hydrogen) atoms. The standard InChI is InChI=1S/C36H40F2N6O7S/c1-43-13-12-36(37,38)26(20-43)23-14-31(49-4)34(32(15-23)50-5)52(45,46)44(19-21-6-10-24(47-2)11-7-21)35-25-16-30(48-3)28(17-29(25)51-42-35)39-33-18-27(40-41-33)22-8-9-22/h6-7,10-11,14-18,22,26H,8-9,12-13,19-20H2,1-5H3,(H2,39,40,41). The zero-order chi connectivity index (χ0) is 36.8. The van der Waals surface area contributed by atoms with Gasteiger partial charge in [0.25, 0.3) is 15.9 Å². The molecule has 7 rings (SSSR count). The summed E-state index contributed by atoms with van der Waals surface area (Å²) in [6.45, 7) is 0.108. The predicted molar refractivity (Wildman–Crippen MR) is 190 cm³/mol. The summed E-state index contributed by atoms with van der Waals surface area (Å²) in [7, 11) is 2.75. The van der Waals surface area contributed by atoms with Crippen LogP contribution >= 0.6 is 0 Å². The molecule has 1 aliphatic carbocycles. The summed E-state index contributed by atoms with van der Waals surface area (Å²) in [5, 5.41) is 15.3. The van der Waals surface area contributed by atoms with Crippen molar-refractivity contribution in [2.75, 3.05) is 58.2 Å². The van der Waals surface area contributed by atoms with Crippen molar-refractivity contribution in [1.82, 2.24) is 20.3 Å². The van der Waals surface area contributed by atoms with Gasteiger partial charge in [0.15, 0.2) is 22.1 Å². The number of anilines is 3. The van der Waals surface area contributed by atoms with E-state index < -0.39 is 21.9 Å². The minimum absolute atomic E-state index is 0.0416. The molecular weight excluding hydrogens is 698 g/mol. The van der Waals surface area contributed by atoms with Crippen molar-refractivity contribution >= 4 is 38.3 Å². The predicted octanol–water partition coefficient (Wildman–Crippen LogP) is 6.66. The van der Waals surface area contributed by atoms with Gasteiger partial charge in [0.2, 0.25) is 0 Å². The number of nitrogens with zero attached hydrogens (tertiary/aromatic N) is 4. The molecule has 5 aromatic rings. The minimum atomic E-state index is -4.62. The maximum Gasteiger partial charge on any atom is 0.273 e. The van der Waals surface area contributed by atoms with Crippen LogP contribution in [-0.2, 0) is 16.6 Å². The van der Waals surface area contributed by atoms with Gasteiger partial charge in [-0.25, -0.2) is 21.5 Å². The third-order valence-electron chi connectivity index (χ3n) is 9.64. The van der Waals surface area contributed by atoms with Crippen molar-refractivity contribution in [2.45, 2.75) is 48.5 Å². The molecule has 1 saturated heterocycles. The number of aromatic nitrogens is 3. The fourth-order valence-corrected chi connectivity index (χ4v) is 8.27. The van der Waals surface area contributed by atoms with Gasteiger partial charge in [-0.3, -0.25) is 5.10 Å². The number of ether oxygens (including phenoxy) is 4. The van der Waals surface area contributed by atoms with Gasteiger partial charge in [-0.15, -0.1) is 0 Å². The van der Waals surface area contributed by atoms with Crippen LogP contribution in [0.4, 0.5) is 26.1 Å². The number of sulfonamides is 1. The highest BCUT2D eigenvalue weighted by Crippen LogP contribution is 2.47. The number of hydrogen-bond acceptors (Lipinski definition) is 11. The Morgan fingerprint density at radius 3 is 2.31 bits per heavy atom. The van der Waals surface area contributed by atoms with Crippen molar-refractivity contribution in [3.63, 3.8) is 0 Å². The zero-order valence-electron chi connectivity index (χ0n) is 29.4. The van der Waals surface area contributed by atoms with Crippen LogP contribution in [0.15, 0.2) is 64.0 Å². The number of likely N-dealkylation sites (N-methyl/N-ethyl adjacent to an activating group) is 1. The van der Waals surface area contributed by atoms with E-state index in [9.17, 15) is 0 Å². The molecule has 2 aliphatic rings. The summed E-state index contributed by atoms with van der Waals surface area (Å²) in [6.07, 6.45) is 1.89. The number of piperidine rings is 1. The lowest BCUT2D eigenvalue weighted by Crippen LogP contribution is -2.43. The van der Waals surface area contributed by atoms with Gasteiger partial charge in [-0.2, -0.15) is 5.10 Å². The number of fused-ring (bicyclic) bond motifs is 1. The highest BCUT2D eigenvalue weighted by molar-refractivity contribution is 7.93. The fraction of sp³-hybridized carbons (Fsp3) is 0.389. The maximum atomic E-state index is 15.3. The summed E-state index contributed by atoms with van der Waals surface area (Å²) in [4.78, 5) is 1.46. The van der Waals surface area contributed by atoms with Crippen molar-refractivity contribution in [2.24, 2.45) is 0 Å². The lowest BCUT2D eigenvalue weighted by molar-refractivity contribution is -0.0713. The first kappa shape index (κ1) is 35.3. The van der Waals surface area contributed by atoms with Crippen molar-refractivity contribution in [3.05, 3.63) is 71.4 Å². The van der Waals surface area contributed by atoms with Crippen LogP contribution in [0.25, 0.3) is 11.0 Å². The highest BCUT2D eigenvalue weighted by Gasteiger charge is 2.45. The van der Waals surface area contributed by atoms with Gasteiger partial charge in [-0.1, -0.05) is 17.3 Å². The van der Waals surface area contributed by atoms with Crippen molar-refractivity contribution < 1.29 is 40.7 Å². The largest absolute Gasteiger partial charge is 0.497 e. The molecule has 1 unspecified atom stereocenters. The van der Waals surface area contributed by atoms with Gasteiger partial charge in [0, 0.05) is 43.3 Å². The second kappa shape index (κ2) is 13.8. The Hall–Kier alpha value is -5.09. The number of alkyl halides is 2. The van der Waals surface area contributed by atoms with Gasteiger partial charge >= 0.3 is 0 Å². The SMILES string of the molecule is COc1ccc(CN(c2noc3cc(Nc4cc(C5CC5)[nH]n4)c(OC)cc23)S(=O)(=O)c2c(OC)cc(C3CN(C)CCC3(F)F)cc2OC)cc1. The van der Waals surface area contributed by atoms with Crippen molar-refractivity contribution in [3.8, 4) is 23.0 Å². The molecule has 0 spiro atoms. The molecule has 13 nitrogen and oxygen atoms in total. The molecule has 1 saturated carbocycles. The molecule has 16 heteroatoms. The molecule has 0 radical (unpaired) electrons. The fourth-order valence-electron chi connectivity index (χ4n) is 6.58. The summed E-state index contributed by atoms with van der Waals surface area (Å²) in [6, 6.07) is 14.8. The van der Waals surface area contributed by atoms with E-state index in [0.29, 0.717) is 39.9 Å². The average Bonchev–Trinajstić information content (AvgIpc) is 3.76. The number of rotatable bonds is 13. The summed E-state index contributed by atoms with van der Waals surface area (Å²) in [5.41, 5.74) is 2.63. The van der Waals surface area contributed by atoms with Crippen LogP contribution in [0.1, 0.15) is 47.9 Å². The van der Waals surface area contributed by atoms with E-state index in [4.69, 9.17) is 23.5 Å². The topological polar surface area (TPSA) is 144 Å². The summed E-state index contributed by atoms with van der Waals surface area (Å²) < 4.78 is 89.6. The molecule has 2 aromatic heterocycles. The number of hydrogen-bond donors (Lipinski definition) is 2. The van der Waals surface area contributed by atoms with E-state index in [0.717, 1.165) is 22.8 Å². The van der Waals surface area contributed by atoms with Gasteiger partial charge in [-0.05, 0) is 61.3 Å². The Morgan fingerprint density at radius 2 is 1.67 bits per heavy atom. The number of likely N-dealkylation sites (tertiary alicyclic amines) is 1. The Kier molecular flexibility index (Phi) is 9.37. The second-order valence-electron chi connectivity index (χ2n) is 13.1. The molecule has 2 fully saturated rings. The van der Waals surface area contributed by atoms with Crippen LogP contribution in [0.5, 0.6) is 23.0 Å². The Bertz CT molecular complexity index is 2160. The minimum Gasteiger partial charge on any atom is -0.497 e. The maximum absolute atomic E-state index is 15.3. The van der Waals surface area contributed by atoms with E-state index in [2.05, 4.69) is 20.7 Å². The number of halogens is 2.